The Labute approximate surface area is 226 Å². The molecule has 0 bridgehead atoms. The molecule has 1 aromatic carbocycles. The second kappa shape index (κ2) is 10.7. The lowest BCUT2D eigenvalue weighted by Crippen LogP contribution is -2.48. The van der Waals surface area contributed by atoms with Crippen molar-refractivity contribution in [3.63, 3.8) is 0 Å². The largest absolute Gasteiger partial charge is 0.380 e. The Balaban J connectivity index is 1.47. The van der Waals surface area contributed by atoms with Crippen molar-refractivity contribution >= 4 is 15.4 Å². The summed E-state index contributed by atoms with van der Waals surface area (Å²) in [5, 5.41) is 3.97. The molecule has 39 heavy (non-hydrogen) atoms. The average molecular weight is 556 g/mol. The number of nitrogens with zero attached hydrogens (tertiary/aromatic N) is 4. The fourth-order valence-electron chi connectivity index (χ4n) is 6.02. The SMILES string of the molecule is COCc1cc(F)c(-c2ccc3cnc(Cc4cnccc4[C@H]4C[C@@H](N)[C@H](S(C)(=O)=O)[C@@H](C)C4)n3n2)c(F)c1. The Kier molecular flexibility index (Phi) is 7.49. The summed E-state index contributed by atoms with van der Waals surface area (Å²) in [6.07, 6.45) is 8.01. The molecule has 3 heterocycles. The fraction of sp³-hybridized carbons (Fsp3) is 0.393. The van der Waals surface area contributed by atoms with Crippen molar-refractivity contribution in [2.24, 2.45) is 11.7 Å². The van der Waals surface area contributed by atoms with Crippen molar-refractivity contribution in [3.05, 3.63) is 83.1 Å². The van der Waals surface area contributed by atoms with Gasteiger partial charge in [0.05, 0.1) is 34.8 Å². The van der Waals surface area contributed by atoms with Gasteiger partial charge >= 0.3 is 0 Å². The number of sulfone groups is 1. The Morgan fingerprint density at radius 2 is 1.87 bits per heavy atom. The topological polar surface area (TPSA) is 112 Å². The van der Waals surface area contributed by atoms with Crippen molar-refractivity contribution in [1.29, 1.82) is 0 Å². The predicted molar refractivity (Wildman–Crippen MR) is 144 cm³/mol. The minimum atomic E-state index is -3.26. The third-order valence-electron chi connectivity index (χ3n) is 7.54. The molecule has 1 aliphatic carbocycles. The molecule has 1 fully saturated rings. The molecule has 3 aromatic heterocycles. The average Bonchev–Trinajstić information content (AvgIpc) is 3.25. The number of ether oxygens (including phenoxy) is 1. The molecular formula is C28H31F2N5O3S. The molecule has 4 aromatic rings. The van der Waals surface area contributed by atoms with Crippen LogP contribution in [0, 0.1) is 17.6 Å². The van der Waals surface area contributed by atoms with Crippen molar-refractivity contribution in [2.45, 2.75) is 50.0 Å². The van der Waals surface area contributed by atoms with E-state index < -0.39 is 32.8 Å². The van der Waals surface area contributed by atoms with Crippen LogP contribution in [0.5, 0.6) is 0 Å². The van der Waals surface area contributed by atoms with Crippen LogP contribution in [0.15, 0.2) is 48.9 Å². The highest BCUT2D eigenvalue weighted by molar-refractivity contribution is 7.91. The monoisotopic (exact) mass is 555 g/mol. The molecule has 0 spiro atoms. The van der Waals surface area contributed by atoms with E-state index in [1.807, 2.05) is 13.0 Å². The molecule has 0 radical (unpaired) electrons. The smallest absolute Gasteiger partial charge is 0.152 e. The Bertz CT molecular complexity index is 1590. The number of hydrogen-bond donors (Lipinski definition) is 1. The maximum atomic E-state index is 14.9. The molecule has 1 aliphatic rings. The normalized spacial score (nSPS) is 21.9. The molecule has 5 rings (SSSR count). The second-order valence-electron chi connectivity index (χ2n) is 10.5. The van der Waals surface area contributed by atoms with Gasteiger partial charge in [-0.25, -0.2) is 26.7 Å². The zero-order valence-corrected chi connectivity index (χ0v) is 22.8. The molecule has 8 nitrogen and oxygen atoms in total. The van der Waals surface area contributed by atoms with Crippen LogP contribution in [0.4, 0.5) is 8.78 Å². The highest BCUT2D eigenvalue weighted by atomic mass is 32.2. The highest BCUT2D eigenvalue weighted by Crippen LogP contribution is 2.39. The van der Waals surface area contributed by atoms with E-state index >= 15 is 0 Å². The van der Waals surface area contributed by atoms with E-state index in [0.717, 1.165) is 11.1 Å². The number of aromatic nitrogens is 4. The van der Waals surface area contributed by atoms with Crippen LogP contribution in [-0.2, 0) is 27.6 Å². The molecule has 0 unspecified atom stereocenters. The number of benzene rings is 1. The second-order valence-corrected chi connectivity index (χ2v) is 12.7. The van der Waals surface area contributed by atoms with Crippen LogP contribution in [0.25, 0.3) is 16.8 Å². The summed E-state index contributed by atoms with van der Waals surface area (Å²) >= 11 is 0. The minimum absolute atomic E-state index is 0.0644. The number of pyridine rings is 1. The van der Waals surface area contributed by atoms with E-state index in [1.165, 1.54) is 25.5 Å². The summed E-state index contributed by atoms with van der Waals surface area (Å²) in [5.41, 5.74) is 9.33. The van der Waals surface area contributed by atoms with Crippen molar-refractivity contribution in [1.82, 2.24) is 19.6 Å². The molecule has 11 heteroatoms. The lowest BCUT2D eigenvalue weighted by molar-refractivity contribution is 0.184. The number of methoxy groups -OCH3 is 1. The first-order valence-corrected chi connectivity index (χ1v) is 14.7. The lowest BCUT2D eigenvalue weighted by Gasteiger charge is -2.38. The lowest BCUT2D eigenvalue weighted by atomic mass is 9.75. The third kappa shape index (κ3) is 5.43. The Hall–Kier alpha value is -3.28. The number of rotatable bonds is 7. The summed E-state index contributed by atoms with van der Waals surface area (Å²) < 4.78 is 61.0. The summed E-state index contributed by atoms with van der Waals surface area (Å²) in [6, 6.07) is 7.26. The van der Waals surface area contributed by atoms with Gasteiger partial charge in [0.25, 0.3) is 0 Å². The van der Waals surface area contributed by atoms with Crippen molar-refractivity contribution < 1.29 is 21.9 Å². The van der Waals surface area contributed by atoms with Gasteiger partial charge in [-0.05, 0) is 71.7 Å². The van der Waals surface area contributed by atoms with Crippen LogP contribution in [-0.4, -0.2) is 52.7 Å². The van der Waals surface area contributed by atoms with Crippen LogP contribution in [0.3, 0.4) is 0 Å². The predicted octanol–water partition coefficient (Wildman–Crippen LogP) is 4.06. The number of halogens is 2. The minimum Gasteiger partial charge on any atom is -0.380 e. The molecule has 1 saturated carbocycles. The van der Waals surface area contributed by atoms with Gasteiger partial charge in [0.15, 0.2) is 9.84 Å². The van der Waals surface area contributed by atoms with Crippen LogP contribution >= 0.6 is 0 Å². The van der Waals surface area contributed by atoms with Gasteiger partial charge < -0.3 is 10.5 Å². The van der Waals surface area contributed by atoms with Gasteiger partial charge in [-0.15, -0.1) is 0 Å². The Morgan fingerprint density at radius 1 is 1.13 bits per heavy atom. The number of hydrogen-bond acceptors (Lipinski definition) is 7. The van der Waals surface area contributed by atoms with Gasteiger partial charge in [0.1, 0.15) is 17.5 Å². The van der Waals surface area contributed by atoms with Gasteiger partial charge in [0, 0.05) is 38.2 Å². The van der Waals surface area contributed by atoms with E-state index in [-0.39, 0.29) is 29.7 Å². The van der Waals surface area contributed by atoms with Crippen molar-refractivity contribution in [3.8, 4) is 11.3 Å². The maximum absolute atomic E-state index is 14.9. The molecule has 4 atom stereocenters. The van der Waals surface area contributed by atoms with E-state index in [2.05, 4.69) is 15.1 Å². The van der Waals surface area contributed by atoms with Crippen LogP contribution < -0.4 is 5.73 Å². The summed E-state index contributed by atoms with van der Waals surface area (Å²) in [6.45, 7) is 2.03. The van der Waals surface area contributed by atoms with E-state index in [9.17, 15) is 17.2 Å². The van der Waals surface area contributed by atoms with E-state index in [0.29, 0.717) is 36.2 Å². The molecule has 206 valence electrons. The first kappa shape index (κ1) is 27.3. The molecule has 0 amide bonds. The molecule has 0 saturated heterocycles. The van der Waals surface area contributed by atoms with E-state index in [4.69, 9.17) is 10.5 Å². The van der Waals surface area contributed by atoms with Crippen LogP contribution in [0.1, 0.15) is 48.2 Å². The van der Waals surface area contributed by atoms with E-state index in [1.54, 1.807) is 35.2 Å². The van der Waals surface area contributed by atoms with Gasteiger partial charge in [-0.2, -0.15) is 5.10 Å². The van der Waals surface area contributed by atoms with Gasteiger partial charge in [-0.3, -0.25) is 4.98 Å². The molecular weight excluding hydrogens is 524 g/mol. The quantitative estimate of drug-likeness (QED) is 0.366. The molecule has 2 N–H and O–H groups in total. The first-order chi connectivity index (χ1) is 18.6. The number of imidazole rings is 1. The van der Waals surface area contributed by atoms with Crippen LogP contribution in [0.2, 0.25) is 0 Å². The highest BCUT2D eigenvalue weighted by Gasteiger charge is 2.40. The number of fused-ring (bicyclic) bond motifs is 1. The summed E-state index contributed by atoms with van der Waals surface area (Å²) in [7, 11) is -1.80. The van der Waals surface area contributed by atoms with Gasteiger partial charge in [-0.1, -0.05) is 6.92 Å². The number of nitrogens with two attached hydrogens (primary N) is 1. The molecule has 0 aliphatic heterocycles. The van der Waals surface area contributed by atoms with Crippen molar-refractivity contribution in [2.75, 3.05) is 13.4 Å². The first-order valence-electron chi connectivity index (χ1n) is 12.7. The zero-order valence-electron chi connectivity index (χ0n) is 22.0. The standard InChI is InChI=1S/C28H31F2N5O3S/c1-16-8-18(11-24(31)28(16)39(3,36)37)21-6-7-32-13-19(21)12-26-33-14-20-4-5-25(34-35(20)26)27-22(29)9-17(15-38-2)10-23(27)30/h4-7,9-10,13-14,16,18,24,28H,8,11-12,15,31H2,1-3H3/t16-,18+,24+,28+/m0/s1. The van der Waals surface area contributed by atoms with Gasteiger partial charge in [0.2, 0.25) is 0 Å². The summed E-state index contributed by atoms with van der Waals surface area (Å²) in [4.78, 5) is 8.84. The zero-order chi connectivity index (χ0) is 27.9. The Morgan fingerprint density at radius 3 is 2.54 bits per heavy atom. The fourth-order valence-corrected chi connectivity index (χ4v) is 7.72. The summed E-state index contributed by atoms with van der Waals surface area (Å²) in [5.74, 6) is -0.888. The maximum Gasteiger partial charge on any atom is 0.152 e. The third-order valence-corrected chi connectivity index (χ3v) is 9.35.